The van der Waals surface area contributed by atoms with Crippen LogP contribution in [0, 0.1) is 6.92 Å². The van der Waals surface area contributed by atoms with Gasteiger partial charge in [0.25, 0.3) is 5.56 Å². The molecule has 3 heterocycles. The summed E-state index contributed by atoms with van der Waals surface area (Å²) in [7, 11) is 0. The number of pyridine rings is 1. The van der Waals surface area contributed by atoms with Crippen molar-refractivity contribution in [3.8, 4) is 0 Å². The van der Waals surface area contributed by atoms with Crippen LogP contribution in [0.4, 0.5) is 0 Å². The Balaban J connectivity index is 2.01. The number of ether oxygens (including phenoxy) is 2. The summed E-state index contributed by atoms with van der Waals surface area (Å²) in [6.45, 7) is 1.68. The minimum Gasteiger partial charge on any atom is -0.393 e. The lowest BCUT2D eigenvalue weighted by atomic mass is 10.0. The number of aliphatic hydroxyl groups excluding tert-OH is 2. The summed E-state index contributed by atoms with van der Waals surface area (Å²) in [5, 5.41) is 19.4. The number of hydrogen-bond donors (Lipinski definition) is 2. The molecule has 2 N–H and O–H groups in total. The average Bonchev–Trinajstić information content (AvgIpc) is 2.84. The molecule has 0 spiro atoms. The first-order valence-corrected chi connectivity index (χ1v) is 5.84. The topological polar surface area (TPSA) is 80.9 Å². The normalized spacial score (nSPS) is 38.3. The fraction of sp³-hybridized carbons (Fsp3) is 0.583. The molecule has 18 heavy (non-hydrogen) atoms. The minimum atomic E-state index is -1.10. The molecule has 0 aromatic carbocycles. The van der Waals surface area contributed by atoms with E-state index < -0.39 is 24.0 Å². The number of nitrogens with zero attached hydrogens (tertiary/aromatic N) is 1. The molecule has 0 aliphatic carbocycles. The van der Waals surface area contributed by atoms with Crippen molar-refractivity contribution in [1.82, 2.24) is 4.57 Å². The molecular weight excluding hydrogens is 238 g/mol. The van der Waals surface area contributed by atoms with Crippen LogP contribution in [0.5, 0.6) is 0 Å². The smallest absolute Gasteiger partial charge is 0.252 e. The number of aromatic nitrogens is 1. The van der Waals surface area contributed by atoms with E-state index in [9.17, 15) is 15.0 Å². The third-order valence-corrected chi connectivity index (χ3v) is 3.63. The Labute approximate surface area is 103 Å². The predicted molar refractivity (Wildman–Crippen MR) is 61.1 cm³/mol. The number of hydrogen-bond acceptors (Lipinski definition) is 5. The van der Waals surface area contributed by atoms with Crippen molar-refractivity contribution < 1.29 is 19.7 Å². The third kappa shape index (κ3) is 1.47. The lowest BCUT2D eigenvalue weighted by molar-refractivity contribution is -0.187. The van der Waals surface area contributed by atoms with Gasteiger partial charge in [-0.3, -0.25) is 9.36 Å². The fourth-order valence-electron chi connectivity index (χ4n) is 2.57. The van der Waals surface area contributed by atoms with Gasteiger partial charge in [-0.05, 0) is 12.5 Å². The summed E-state index contributed by atoms with van der Waals surface area (Å²) in [6.07, 6.45) is -0.556. The molecule has 3 rings (SSSR count). The quantitative estimate of drug-likeness (QED) is 0.719. The second kappa shape index (κ2) is 3.89. The van der Waals surface area contributed by atoms with Crippen molar-refractivity contribution in [3.63, 3.8) is 0 Å². The van der Waals surface area contributed by atoms with Gasteiger partial charge in [-0.25, -0.2) is 0 Å². The second-order valence-electron chi connectivity index (χ2n) is 4.90. The Kier molecular flexibility index (Phi) is 2.56. The molecule has 4 atom stereocenters. The van der Waals surface area contributed by atoms with E-state index in [0.717, 1.165) is 5.56 Å². The highest BCUT2D eigenvalue weighted by atomic mass is 16.7. The molecule has 2 fully saturated rings. The van der Waals surface area contributed by atoms with Crippen LogP contribution in [-0.4, -0.2) is 45.8 Å². The molecule has 6 nitrogen and oxygen atoms in total. The van der Waals surface area contributed by atoms with Crippen molar-refractivity contribution >= 4 is 0 Å². The van der Waals surface area contributed by atoms with E-state index in [-0.39, 0.29) is 18.8 Å². The van der Waals surface area contributed by atoms with Crippen LogP contribution in [0.1, 0.15) is 11.8 Å². The molecule has 1 unspecified atom stereocenters. The minimum absolute atomic E-state index is 0.145. The summed E-state index contributed by atoms with van der Waals surface area (Å²) in [6, 6.07) is 3.16. The molecule has 2 aliphatic rings. The fourth-order valence-corrected chi connectivity index (χ4v) is 2.57. The van der Waals surface area contributed by atoms with Crippen LogP contribution < -0.4 is 5.56 Å². The van der Waals surface area contributed by atoms with Gasteiger partial charge in [-0.1, -0.05) is 6.07 Å². The summed E-state index contributed by atoms with van der Waals surface area (Å²) in [5.74, 6) is 0. The molecule has 0 saturated carbocycles. The summed E-state index contributed by atoms with van der Waals surface area (Å²) >= 11 is 0. The molecule has 98 valence electrons. The molecule has 0 amide bonds. The Morgan fingerprint density at radius 2 is 2.33 bits per heavy atom. The van der Waals surface area contributed by atoms with E-state index in [0.29, 0.717) is 0 Å². The summed E-state index contributed by atoms with van der Waals surface area (Å²) < 4.78 is 12.5. The standard InChI is InChI=1S/C12H15NO5/c1-7-2-3-8(15)13(4-7)11-9-10(16)12(5-14,18-11)6-17-9/h2-4,9-11,14,16H,5-6H2,1H3/t9-,10?,11+,12-/m0/s1. The SMILES string of the molecule is Cc1ccc(=O)n([C@@H]2O[C@@]3(CO)CO[C@H]2C3O)c1. The van der Waals surface area contributed by atoms with Crippen LogP contribution in [0.25, 0.3) is 0 Å². The molecule has 2 bridgehead atoms. The predicted octanol–water partition coefficient (Wildman–Crippen LogP) is -0.824. The van der Waals surface area contributed by atoms with Crippen molar-refractivity contribution in [2.24, 2.45) is 0 Å². The zero-order valence-electron chi connectivity index (χ0n) is 9.94. The van der Waals surface area contributed by atoms with E-state index in [4.69, 9.17) is 9.47 Å². The van der Waals surface area contributed by atoms with E-state index >= 15 is 0 Å². The van der Waals surface area contributed by atoms with Crippen molar-refractivity contribution in [1.29, 1.82) is 0 Å². The first kappa shape index (κ1) is 11.9. The van der Waals surface area contributed by atoms with Gasteiger partial charge >= 0.3 is 0 Å². The molecule has 6 heteroatoms. The van der Waals surface area contributed by atoms with Crippen molar-refractivity contribution in [3.05, 3.63) is 34.2 Å². The van der Waals surface area contributed by atoms with Gasteiger partial charge in [0.15, 0.2) is 6.23 Å². The summed E-state index contributed by atoms with van der Waals surface area (Å²) in [5.41, 5.74) is -0.408. The molecule has 1 aromatic rings. The average molecular weight is 253 g/mol. The number of rotatable bonds is 2. The van der Waals surface area contributed by atoms with E-state index in [1.54, 1.807) is 12.3 Å². The maximum Gasteiger partial charge on any atom is 0.252 e. The molecule has 0 radical (unpaired) electrons. The Hall–Kier alpha value is -1.21. The van der Waals surface area contributed by atoms with Gasteiger partial charge in [0.2, 0.25) is 0 Å². The largest absolute Gasteiger partial charge is 0.393 e. The zero-order valence-corrected chi connectivity index (χ0v) is 9.94. The lowest BCUT2D eigenvalue weighted by Gasteiger charge is -2.29. The van der Waals surface area contributed by atoms with Crippen molar-refractivity contribution in [2.45, 2.75) is 31.0 Å². The Bertz CT molecular complexity index is 527. The zero-order chi connectivity index (χ0) is 12.9. The van der Waals surface area contributed by atoms with E-state index in [1.807, 2.05) is 6.92 Å². The molecule has 2 aliphatic heterocycles. The van der Waals surface area contributed by atoms with Crippen LogP contribution in [0.3, 0.4) is 0 Å². The highest BCUT2D eigenvalue weighted by molar-refractivity contribution is 5.12. The van der Waals surface area contributed by atoms with Crippen LogP contribution in [0.2, 0.25) is 0 Å². The third-order valence-electron chi connectivity index (χ3n) is 3.63. The maximum absolute atomic E-state index is 11.8. The first-order valence-electron chi connectivity index (χ1n) is 5.84. The monoisotopic (exact) mass is 253 g/mol. The molecule has 1 aromatic heterocycles. The number of aliphatic hydroxyl groups is 2. The van der Waals surface area contributed by atoms with Crippen LogP contribution >= 0.6 is 0 Å². The van der Waals surface area contributed by atoms with Gasteiger partial charge in [-0.2, -0.15) is 0 Å². The van der Waals surface area contributed by atoms with E-state index in [2.05, 4.69) is 0 Å². The lowest BCUT2D eigenvalue weighted by Crippen LogP contribution is -2.44. The Morgan fingerprint density at radius 3 is 3.00 bits per heavy atom. The van der Waals surface area contributed by atoms with Gasteiger partial charge in [-0.15, -0.1) is 0 Å². The van der Waals surface area contributed by atoms with Crippen LogP contribution in [-0.2, 0) is 9.47 Å². The van der Waals surface area contributed by atoms with Gasteiger partial charge < -0.3 is 19.7 Å². The van der Waals surface area contributed by atoms with Gasteiger partial charge in [0, 0.05) is 12.3 Å². The van der Waals surface area contributed by atoms with Gasteiger partial charge in [0.05, 0.1) is 13.2 Å². The van der Waals surface area contributed by atoms with Gasteiger partial charge in [0.1, 0.15) is 17.8 Å². The molecular formula is C12H15NO5. The highest BCUT2D eigenvalue weighted by Crippen LogP contribution is 2.44. The number of aryl methyl sites for hydroxylation is 1. The highest BCUT2D eigenvalue weighted by Gasteiger charge is 2.61. The summed E-state index contributed by atoms with van der Waals surface area (Å²) in [4.78, 5) is 11.8. The Morgan fingerprint density at radius 1 is 1.56 bits per heavy atom. The van der Waals surface area contributed by atoms with Crippen LogP contribution in [0.15, 0.2) is 23.1 Å². The molecule has 2 saturated heterocycles. The van der Waals surface area contributed by atoms with Crippen molar-refractivity contribution in [2.75, 3.05) is 13.2 Å². The first-order chi connectivity index (χ1) is 8.57. The second-order valence-corrected chi connectivity index (χ2v) is 4.90. The van der Waals surface area contributed by atoms with E-state index in [1.165, 1.54) is 10.6 Å². The number of fused-ring (bicyclic) bond motifs is 2. The maximum atomic E-state index is 11.8.